The van der Waals surface area contributed by atoms with Gasteiger partial charge in [0.15, 0.2) is 5.69 Å². The molecule has 6 heteroatoms. The van der Waals surface area contributed by atoms with Crippen LogP contribution in [0.15, 0.2) is 54.6 Å². The number of benzene rings is 2. The van der Waals surface area contributed by atoms with E-state index >= 15 is 0 Å². The number of phenols is 1. The Labute approximate surface area is 127 Å². The van der Waals surface area contributed by atoms with Crippen LogP contribution in [0.2, 0.25) is 0 Å². The van der Waals surface area contributed by atoms with Gasteiger partial charge in [-0.2, -0.15) is 0 Å². The lowest BCUT2D eigenvalue weighted by Gasteiger charge is -2.06. The molecule has 1 heterocycles. The van der Waals surface area contributed by atoms with Gasteiger partial charge in [0, 0.05) is 0 Å². The van der Waals surface area contributed by atoms with Crippen molar-refractivity contribution in [2.45, 2.75) is 6.92 Å². The van der Waals surface area contributed by atoms with E-state index in [2.05, 4.69) is 15.6 Å². The van der Waals surface area contributed by atoms with Gasteiger partial charge in [0.25, 0.3) is 5.91 Å². The average molecular weight is 294 g/mol. The summed E-state index contributed by atoms with van der Waals surface area (Å²) in [5.41, 5.74) is 2.00. The number of rotatable bonds is 3. The Morgan fingerprint density at radius 3 is 2.50 bits per heavy atom. The second kappa shape index (κ2) is 5.69. The van der Waals surface area contributed by atoms with Gasteiger partial charge in [-0.05, 0) is 31.2 Å². The van der Waals surface area contributed by atoms with Gasteiger partial charge in [0.2, 0.25) is 0 Å². The Bertz CT molecular complexity index is 812. The predicted molar refractivity (Wildman–Crippen MR) is 82.2 cm³/mol. The van der Waals surface area contributed by atoms with Crippen molar-refractivity contribution in [3.05, 3.63) is 66.0 Å². The summed E-state index contributed by atoms with van der Waals surface area (Å²) < 4.78 is 1.60. The summed E-state index contributed by atoms with van der Waals surface area (Å²) in [6, 6.07) is 16.0. The van der Waals surface area contributed by atoms with Crippen LogP contribution in [0, 0.1) is 6.92 Å². The lowest BCUT2D eigenvalue weighted by molar-refractivity contribution is 0.102. The lowest BCUT2D eigenvalue weighted by Crippen LogP contribution is -2.14. The molecule has 0 aliphatic carbocycles. The summed E-state index contributed by atoms with van der Waals surface area (Å²) in [5.74, 6) is -0.412. The first kappa shape index (κ1) is 13.8. The maximum absolute atomic E-state index is 12.3. The van der Waals surface area contributed by atoms with Crippen LogP contribution < -0.4 is 5.32 Å². The largest absolute Gasteiger partial charge is 0.506 e. The molecule has 0 atom stereocenters. The molecule has 3 aromatic rings. The standard InChI is InChI=1S/C16H14N4O2/c1-11-15(16(22)17-13-9-5-6-10-14(13)21)18-19-20(11)12-7-3-2-4-8-12/h2-10,21H,1H3,(H,17,22). The van der Waals surface area contributed by atoms with E-state index in [-0.39, 0.29) is 11.4 Å². The van der Waals surface area contributed by atoms with Crippen molar-refractivity contribution >= 4 is 11.6 Å². The fourth-order valence-electron chi connectivity index (χ4n) is 2.11. The highest BCUT2D eigenvalue weighted by Crippen LogP contribution is 2.22. The second-order valence-electron chi connectivity index (χ2n) is 4.74. The fraction of sp³-hybridized carbons (Fsp3) is 0.0625. The zero-order valence-corrected chi connectivity index (χ0v) is 11.9. The van der Waals surface area contributed by atoms with Crippen molar-refractivity contribution in [1.29, 1.82) is 0 Å². The number of amides is 1. The number of anilines is 1. The van der Waals surface area contributed by atoms with Gasteiger partial charge in [-0.15, -0.1) is 5.10 Å². The van der Waals surface area contributed by atoms with Crippen LogP contribution in [0.3, 0.4) is 0 Å². The molecule has 0 unspecified atom stereocenters. The Balaban J connectivity index is 1.89. The van der Waals surface area contributed by atoms with E-state index in [0.717, 1.165) is 5.69 Å². The average Bonchev–Trinajstić information content (AvgIpc) is 2.92. The van der Waals surface area contributed by atoms with E-state index in [9.17, 15) is 9.90 Å². The quantitative estimate of drug-likeness (QED) is 0.727. The van der Waals surface area contributed by atoms with Crippen LogP contribution in [0.4, 0.5) is 5.69 Å². The second-order valence-corrected chi connectivity index (χ2v) is 4.74. The number of carbonyl (C=O) groups is 1. The van der Waals surface area contributed by atoms with Crippen LogP contribution in [0.5, 0.6) is 5.75 Å². The molecule has 22 heavy (non-hydrogen) atoms. The van der Waals surface area contributed by atoms with E-state index in [1.165, 1.54) is 6.07 Å². The minimum atomic E-state index is -0.416. The number of hydrogen-bond donors (Lipinski definition) is 2. The molecule has 2 aromatic carbocycles. The fourth-order valence-corrected chi connectivity index (χ4v) is 2.11. The minimum absolute atomic E-state index is 0.00366. The monoisotopic (exact) mass is 294 g/mol. The van der Waals surface area contributed by atoms with Crippen molar-refractivity contribution in [1.82, 2.24) is 15.0 Å². The zero-order chi connectivity index (χ0) is 15.5. The van der Waals surface area contributed by atoms with Crippen LogP contribution in [0.25, 0.3) is 5.69 Å². The molecule has 1 aromatic heterocycles. The highest BCUT2D eigenvalue weighted by Gasteiger charge is 2.18. The Morgan fingerprint density at radius 2 is 1.77 bits per heavy atom. The highest BCUT2D eigenvalue weighted by molar-refractivity contribution is 6.04. The first-order valence-corrected chi connectivity index (χ1v) is 6.74. The van der Waals surface area contributed by atoms with Gasteiger partial charge < -0.3 is 10.4 Å². The molecule has 0 bridgehead atoms. The molecule has 0 spiro atoms. The van der Waals surface area contributed by atoms with Crippen molar-refractivity contribution in [2.24, 2.45) is 0 Å². The molecule has 110 valence electrons. The van der Waals surface area contributed by atoms with Gasteiger partial charge in [-0.25, -0.2) is 4.68 Å². The number of carbonyl (C=O) groups excluding carboxylic acids is 1. The number of phenolic OH excluding ortho intramolecular Hbond substituents is 1. The molecular weight excluding hydrogens is 280 g/mol. The number of aromatic hydroxyl groups is 1. The van der Waals surface area contributed by atoms with Gasteiger partial charge in [0.05, 0.1) is 17.1 Å². The Hall–Kier alpha value is -3.15. The topological polar surface area (TPSA) is 80.0 Å². The Morgan fingerprint density at radius 1 is 1.09 bits per heavy atom. The van der Waals surface area contributed by atoms with Crippen molar-refractivity contribution < 1.29 is 9.90 Å². The Kier molecular flexibility index (Phi) is 3.57. The van der Waals surface area contributed by atoms with Crippen LogP contribution >= 0.6 is 0 Å². The number of hydrogen-bond acceptors (Lipinski definition) is 4. The lowest BCUT2D eigenvalue weighted by atomic mass is 10.2. The summed E-state index contributed by atoms with van der Waals surface area (Å²) >= 11 is 0. The normalized spacial score (nSPS) is 10.4. The molecule has 2 N–H and O–H groups in total. The minimum Gasteiger partial charge on any atom is -0.506 e. The summed E-state index contributed by atoms with van der Waals surface area (Å²) in [5, 5.41) is 20.3. The number of para-hydroxylation sites is 3. The van der Waals surface area contributed by atoms with Crippen LogP contribution in [-0.2, 0) is 0 Å². The van der Waals surface area contributed by atoms with E-state index in [4.69, 9.17) is 0 Å². The summed E-state index contributed by atoms with van der Waals surface area (Å²) in [6.07, 6.45) is 0. The molecule has 6 nitrogen and oxygen atoms in total. The van der Waals surface area contributed by atoms with E-state index < -0.39 is 5.91 Å². The highest BCUT2D eigenvalue weighted by atomic mass is 16.3. The summed E-state index contributed by atoms with van der Waals surface area (Å²) in [4.78, 5) is 12.3. The summed E-state index contributed by atoms with van der Waals surface area (Å²) in [6.45, 7) is 1.77. The predicted octanol–water partition coefficient (Wildman–Crippen LogP) is 2.53. The maximum Gasteiger partial charge on any atom is 0.278 e. The molecule has 1 amide bonds. The smallest absolute Gasteiger partial charge is 0.278 e. The molecule has 0 aliphatic rings. The van der Waals surface area contributed by atoms with Crippen LogP contribution in [-0.4, -0.2) is 26.0 Å². The maximum atomic E-state index is 12.3. The first-order chi connectivity index (χ1) is 10.7. The third kappa shape index (κ3) is 2.54. The van der Waals surface area contributed by atoms with Crippen molar-refractivity contribution in [2.75, 3.05) is 5.32 Å². The number of nitrogens with one attached hydrogen (secondary N) is 1. The van der Waals surface area contributed by atoms with E-state index in [1.807, 2.05) is 30.3 Å². The molecule has 0 saturated carbocycles. The van der Waals surface area contributed by atoms with Gasteiger partial charge >= 0.3 is 0 Å². The molecular formula is C16H14N4O2. The molecule has 0 fully saturated rings. The van der Waals surface area contributed by atoms with Crippen molar-refractivity contribution in [3.8, 4) is 11.4 Å². The van der Waals surface area contributed by atoms with Gasteiger partial charge in [0.1, 0.15) is 5.75 Å². The van der Waals surface area contributed by atoms with Gasteiger partial charge in [-0.1, -0.05) is 35.5 Å². The number of nitrogens with zero attached hydrogens (tertiary/aromatic N) is 3. The first-order valence-electron chi connectivity index (χ1n) is 6.74. The summed E-state index contributed by atoms with van der Waals surface area (Å²) in [7, 11) is 0. The zero-order valence-electron chi connectivity index (χ0n) is 11.9. The molecule has 0 aliphatic heterocycles. The van der Waals surface area contributed by atoms with Gasteiger partial charge in [-0.3, -0.25) is 4.79 Å². The van der Waals surface area contributed by atoms with Crippen molar-refractivity contribution in [3.63, 3.8) is 0 Å². The molecule has 0 saturated heterocycles. The SMILES string of the molecule is Cc1c(C(=O)Nc2ccccc2O)nnn1-c1ccccc1. The molecule has 3 rings (SSSR count). The third-order valence-corrected chi connectivity index (χ3v) is 3.26. The number of aromatic nitrogens is 3. The van der Waals surface area contributed by atoms with E-state index in [1.54, 1.807) is 29.8 Å². The third-order valence-electron chi connectivity index (χ3n) is 3.26. The molecule has 0 radical (unpaired) electrons. The van der Waals surface area contributed by atoms with Crippen LogP contribution in [0.1, 0.15) is 16.2 Å². The van der Waals surface area contributed by atoms with E-state index in [0.29, 0.717) is 11.4 Å².